The molecular weight excluding hydrogens is 304 g/mol. The van der Waals surface area contributed by atoms with Crippen LogP contribution in [0.4, 0.5) is 0 Å². The largest absolute Gasteiger partial charge is 0.496 e. The van der Waals surface area contributed by atoms with Crippen molar-refractivity contribution in [1.29, 1.82) is 0 Å². The summed E-state index contributed by atoms with van der Waals surface area (Å²) in [6.45, 7) is 6.37. The Labute approximate surface area is 139 Å². The number of halogens is 1. The zero-order valence-electron chi connectivity index (χ0n) is 13.9. The van der Waals surface area contributed by atoms with Crippen LogP contribution in [0.15, 0.2) is 12.1 Å². The molecule has 3 N–H and O–H groups in total. The first-order chi connectivity index (χ1) is 9.88. The van der Waals surface area contributed by atoms with Gasteiger partial charge in [-0.1, -0.05) is 13.8 Å². The Morgan fingerprint density at radius 2 is 1.73 bits per heavy atom. The van der Waals surface area contributed by atoms with Crippen LogP contribution in [-0.4, -0.2) is 26.7 Å². The van der Waals surface area contributed by atoms with Crippen molar-refractivity contribution in [3.05, 3.63) is 23.3 Å². The van der Waals surface area contributed by atoms with Crippen molar-refractivity contribution in [1.82, 2.24) is 5.32 Å². The van der Waals surface area contributed by atoms with Gasteiger partial charge in [0, 0.05) is 6.04 Å². The topological polar surface area (TPSA) is 73.6 Å². The molecule has 1 amide bonds. The second kappa shape index (κ2) is 9.54. The Morgan fingerprint density at radius 1 is 1.23 bits per heavy atom. The summed E-state index contributed by atoms with van der Waals surface area (Å²) < 4.78 is 11.0. The smallest absolute Gasteiger partial charge is 0.231 e. The van der Waals surface area contributed by atoms with E-state index in [1.165, 1.54) is 0 Å². The third-order valence-corrected chi connectivity index (χ3v) is 3.27. The number of rotatable bonds is 8. The van der Waals surface area contributed by atoms with Gasteiger partial charge < -0.3 is 20.5 Å². The normalized spacial score (nSPS) is 11.7. The quantitative estimate of drug-likeness (QED) is 0.768. The van der Waals surface area contributed by atoms with Crippen LogP contribution in [0, 0.1) is 12.8 Å². The van der Waals surface area contributed by atoms with Crippen LogP contribution < -0.4 is 20.5 Å². The van der Waals surface area contributed by atoms with Gasteiger partial charge in [0.05, 0.1) is 26.3 Å². The maximum atomic E-state index is 11.1. The summed E-state index contributed by atoms with van der Waals surface area (Å²) in [6.07, 6.45) is 0.850. The molecule has 1 aromatic rings. The molecule has 0 fully saturated rings. The molecule has 1 rings (SSSR count). The molecule has 126 valence electrons. The van der Waals surface area contributed by atoms with Gasteiger partial charge in [-0.3, -0.25) is 4.79 Å². The van der Waals surface area contributed by atoms with Crippen LogP contribution in [0.1, 0.15) is 37.4 Å². The van der Waals surface area contributed by atoms with Crippen molar-refractivity contribution in [3.63, 3.8) is 0 Å². The van der Waals surface area contributed by atoms with Gasteiger partial charge in [0.25, 0.3) is 0 Å². The fourth-order valence-corrected chi connectivity index (χ4v) is 2.41. The molecule has 1 unspecified atom stereocenters. The Bertz CT molecular complexity index is 467. The number of aryl methyl sites for hydroxylation is 1. The van der Waals surface area contributed by atoms with Gasteiger partial charge in [0.1, 0.15) is 11.5 Å². The lowest BCUT2D eigenvalue weighted by Crippen LogP contribution is -2.32. The first-order valence-corrected chi connectivity index (χ1v) is 7.13. The highest BCUT2D eigenvalue weighted by molar-refractivity contribution is 5.85. The van der Waals surface area contributed by atoms with E-state index in [2.05, 4.69) is 19.2 Å². The van der Waals surface area contributed by atoms with Crippen molar-refractivity contribution >= 4 is 18.3 Å². The van der Waals surface area contributed by atoms with Crippen LogP contribution >= 0.6 is 12.4 Å². The molecule has 6 heteroatoms. The minimum atomic E-state index is -0.381. The van der Waals surface area contributed by atoms with Crippen LogP contribution in [0.3, 0.4) is 0 Å². The molecule has 0 saturated heterocycles. The molecule has 0 aromatic heterocycles. The lowest BCUT2D eigenvalue weighted by atomic mass is 9.94. The molecule has 5 nitrogen and oxygen atoms in total. The lowest BCUT2D eigenvalue weighted by Gasteiger charge is -2.25. The van der Waals surface area contributed by atoms with Crippen LogP contribution in [-0.2, 0) is 4.79 Å². The standard InChI is InChI=1S/C16H26N2O3.ClH/c1-10(2)6-12(18-9-15(17)19)16-13(20-4)7-11(3)8-14(16)21-5;/h7-8,10,12,18H,6,9H2,1-5H3,(H2,17,19);1H. The number of carbonyl (C=O) groups excluding carboxylic acids is 1. The minimum Gasteiger partial charge on any atom is -0.496 e. The maximum Gasteiger partial charge on any atom is 0.231 e. The fourth-order valence-electron chi connectivity index (χ4n) is 2.41. The summed E-state index contributed by atoms with van der Waals surface area (Å²) in [5.41, 5.74) is 7.24. The van der Waals surface area contributed by atoms with Gasteiger partial charge in [-0.25, -0.2) is 0 Å². The predicted octanol–water partition coefficient (Wildman–Crippen LogP) is 2.60. The predicted molar refractivity (Wildman–Crippen MR) is 90.9 cm³/mol. The molecule has 0 spiro atoms. The van der Waals surface area contributed by atoms with Gasteiger partial charge in [-0.15, -0.1) is 12.4 Å². The Balaban J connectivity index is 0.00000441. The van der Waals surface area contributed by atoms with Gasteiger partial charge in [0.2, 0.25) is 5.91 Å². The summed E-state index contributed by atoms with van der Waals surface area (Å²) >= 11 is 0. The van der Waals surface area contributed by atoms with E-state index in [0.717, 1.165) is 29.0 Å². The number of nitrogens with one attached hydrogen (secondary N) is 1. The van der Waals surface area contributed by atoms with Crippen molar-refractivity contribution in [2.45, 2.75) is 33.2 Å². The summed E-state index contributed by atoms with van der Waals surface area (Å²) in [4.78, 5) is 11.1. The summed E-state index contributed by atoms with van der Waals surface area (Å²) in [7, 11) is 3.27. The number of nitrogens with two attached hydrogens (primary N) is 1. The zero-order valence-corrected chi connectivity index (χ0v) is 14.8. The SMILES string of the molecule is COc1cc(C)cc(OC)c1C(CC(C)C)NCC(N)=O.Cl. The zero-order chi connectivity index (χ0) is 16.0. The number of methoxy groups -OCH3 is 2. The minimum absolute atomic E-state index is 0. The third-order valence-electron chi connectivity index (χ3n) is 3.27. The molecule has 0 heterocycles. The number of hydrogen-bond donors (Lipinski definition) is 2. The van der Waals surface area contributed by atoms with Crippen molar-refractivity contribution < 1.29 is 14.3 Å². The number of hydrogen-bond acceptors (Lipinski definition) is 4. The van der Waals surface area contributed by atoms with Crippen molar-refractivity contribution in [2.24, 2.45) is 11.7 Å². The highest BCUT2D eigenvalue weighted by atomic mass is 35.5. The van der Waals surface area contributed by atoms with Crippen molar-refractivity contribution in [2.75, 3.05) is 20.8 Å². The second-order valence-corrected chi connectivity index (χ2v) is 5.61. The molecule has 0 bridgehead atoms. The molecule has 0 aliphatic carbocycles. The number of ether oxygens (including phenoxy) is 2. The van der Waals surface area contributed by atoms with E-state index in [1.807, 2.05) is 19.1 Å². The van der Waals surface area contributed by atoms with Gasteiger partial charge in [0.15, 0.2) is 0 Å². The monoisotopic (exact) mass is 330 g/mol. The Kier molecular flexibility index (Phi) is 8.90. The molecule has 0 aliphatic rings. The summed E-state index contributed by atoms with van der Waals surface area (Å²) in [5.74, 6) is 1.59. The van der Waals surface area contributed by atoms with Gasteiger partial charge in [-0.2, -0.15) is 0 Å². The molecule has 22 heavy (non-hydrogen) atoms. The first kappa shape index (κ1) is 20.5. The maximum absolute atomic E-state index is 11.1. The molecule has 0 aliphatic heterocycles. The van der Waals surface area contributed by atoms with E-state index >= 15 is 0 Å². The average Bonchev–Trinajstić information content (AvgIpc) is 2.41. The van der Waals surface area contributed by atoms with E-state index in [9.17, 15) is 4.79 Å². The highest BCUT2D eigenvalue weighted by Gasteiger charge is 2.22. The van der Waals surface area contributed by atoms with E-state index in [0.29, 0.717) is 5.92 Å². The molecule has 0 radical (unpaired) electrons. The van der Waals surface area contributed by atoms with Crippen molar-refractivity contribution in [3.8, 4) is 11.5 Å². The van der Waals surface area contributed by atoms with Gasteiger partial charge >= 0.3 is 0 Å². The number of carbonyl (C=O) groups is 1. The fraction of sp³-hybridized carbons (Fsp3) is 0.562. The molecule has 0 saturated carbocycles. The Hall–Kier alpha value is -1.46. The van der Waals surface area contributed by atoms with Crippen LogP contribution in [0.25, 0.3) is 0 Å². The van der Waals surface area contributed by atoms with Crippen LogP contribution in [0.5, 0.6) is 11.5 Å². The summed E-state index contributed by atoms with van der Waals surface area (Å²) in [5, 5.41) is 3.20. The number of primary amides is 1. The van der Waals surface area contributed by atoms with E-state index < -0.39 is 0 Å². The lowest BCUT2D eigenvalue weighted by molar-refractivity contribution is -0.117. The highest BCUT2D eigenvalue weighted by Crippen LogP contribution is 2.38. The first-order valence-electron chi connectivity index (χ1n) is 7.13. The molecular formula is C16H27ClN2O3. The number of benzene rings is 1. The van der Waals surface area contributed by atoms with Crippen LogP contribution in [0.2, 0.25) is 0 Å². The third kappa shape index (κ3) is 5.73. The Morgan fingerprint density at radius 3 is 2.09 bits per heavy atom. The number of amides is 1. The summed E-state index contributed by atoms with van der Waals surface area (Å²) in [6, 6.07) is 3.89. The average molecular weight is 331 g/mol. The van der Waals surface area contributed by atoms with E-state index in [1.54, 1.807) is 14.2 Å². The molecule has 1 aromatic carbocycles. The second-order valence-electron chi connectivity index (χ2n) is 5.61. The molecule has 1 atom stereocenters. The van der Waals surface area contributed by atoms with Gasteiger partial charge in [-0.05, 0) is 37.0 Å². The van der Waals surface area contributed by atoms with E-state index in [4.69, 9.17) is 15.2 Å². The van der Waals surface area contributed by atoms with E-state index in [-0.39, 0.29) is 30.9 Å².